The summed E-state index contributed by atoms with van der Waals surface area (Å²) < 4.78 is 5.17. The summed E-state index contributed by atoms with van der Waals surface area (Å²) >= 11 is 0. The lowest BCUT2D eigenvalue weighted by Gasteiger charge is -2.20. The van der Waals surface area contributed by atoms with Gasteiger partial charge in [0.1, 0.15) is 5.75 Å². The molecule has 146 valence electrons. The highest BCUT2D eigenvalue weighted by atomic mass is 16.5. The molecule has 2 heterocycles. The minimum absolute atomic E-state index is 0.0175. The van der Waals surface area contributed by atoms with E-state index in [0.29, 0.717) is 17.9 Å². The molecule has 0 unspecified atom stereocenters. The Labute approximate surface area is 165 Å². The second-order valence-electron chi connectivity index (χ2n) is 7.46. The van der Waals surface area contributed by atoms with Crippen LogP contribution in [0.25, 0.3) is 0 Å². The normalized spacial score (nSPS) is 15.6. The van der Waals surface area contributed by atoms with E-state index in [1.165, 1.54) is 24.1 Å². The van der Waals surface area contributed by atoms with E-state index in [0.717, 1.165) is 25.2 Å². The number of anilines is 2. The molecule has 0 N–H and O–H groups in total. The van der Waals surface area contributed by atoms with Crippen LogP contribution < -0.4 is 14.5 Å². The summed E-state index contributed by atoms with van der Waals surface area (Å²) in [6.07, 6.45) is 3.83. The number of amides is 1. The van der Waals surface area contributed by atoms with Crippen LogP contribution >= 0.6 is 0 Å². The minimum Gasteiger partial charge on any atom is -0.497 e. The van der Waals surface area contributed by atoms with Gasteiger partial charge in [0.25, 0.3) is 0 Å². The average molecular weight is 378 g/mol. The number of Topliss-reactive ketones (excluding diaryl/α,β-unsaturated/α-hetero) is 1. The van der Waals surface area contributed by atoms with Gasteiger partial charge in [-0.15, -0.1) is 0 Å². The van der Waals surface area contributed by atoms with Crippen LogP contribution in [0.3, 0.4) is 0 Å². The van der Waals surface area contributed by atoms with Gasteiger partial charge in [-0.3, -0.25) is 9.59 Å². The zero-order valence-electron chi connectivity index (χ0n) is 16.3. The standard InChI is InChI=1S/C23H26N2O3/c1-28-20-6-4-5-18(16-20)22(26)9-10-23(27)25-14-11-17-15-19(7-8-21(17)25)24-12-2-3-13-24/h4-8,15-16H,2-3,9-14H2,1H3. The van der Waals surface area contributed by atoms with Crippen molar-refractivity contribution < 1.29 is 14.3 Å². The molecule has 0 bridgehead atoms. The summed E-state index contributed by atoms with van der Waals surface area (Å²) in [6, 6.07) is 13.5. The molecule has 5 heteroatoms. The number of ether oxygens (including phenoxy) is 1. The Hall–Kier alpha value is -2.82. The number of ketones is 1. The molecule has 1 saturated heterocycles. The van der Waals surface area contributed by atoms with Crippen LogP contribution in [0.15, 0.2) is 42.5 Å². The van der Waals surface area contributed by atoms with Crippen molar-refractivity contribution in [2.45, 2.75) is 32.1 Å². The second-order valence-corrected chi connectivity index (χ2v) is 7.46. The van der Waals surface area contributed by atoms with Crippen LogP contribution in [0.4, 0.5) is 11.4 Å². The first-order valence-electron chi connectivity index (χ1n) is 10.0. The summed E-state index contributed by atoms with van der Waals surface area (Å²) in [5.41, 5.74) is 4.08. The molecule has 2 aromatic carbocycles. The van der Waals surface area contributed by atoms with Crippen LogP contribution in [-0.4, -0.2) is 38.4 Å². The largest absolute Gasteiger partial charge is 0.497 e. The zero-order chi connectivity index (χ0) is 19.5. The molecule has 1 fully saturated rings. The molecule has 5 nitrogen and oxygen atoms in total. The molecule has 2 aliphatic heterocycles. The third-order valence-corrected chi connectivity index (χ3v) is 5.69. The highest BCUT2D eigenvalue weighted by Crippen LogP contribution is 2.33. The third-order valence-electron chi connectivity index (χ3n) is 5.69. The Bertz CT molecular complexity index is 887. The van der Waals surface area contributed by atoms with Crippen LogP contribution in [0, 0.1) is 0 Å². The van der Waals surface area contributed by atoms with Crippen molar-refractivity contribution in [1.29, 1.82) is 0 Å². The number of rotatable bonds is 6. The first-order valence-corrected chi connectivity index (χ1v) is 10.0. The average Bonchev–Trinajstić information content (AvgIpc) is 3.41. The molecule has 1 amide bonds. The lowest BCUT2D eigenvalue weighted by Crippen LogP contribution is -2.29. The molecule has 28 heavy (non-hydrogen) atoms. The van der Waals surface area contributed by atoms with Crippen molar-refractivity contribution in [2.24, 2.45) is 0 Å². The lowest BCUT2D eigenvalue weighted by molar-refractivity contribution is -0.118. The first kappa shape index (κ1) is 18.5. The predicted molar refractivity (Wildman–Crippen MR) is 111 cm³/mol. The Kier molecular flexibility index (Phi) is 5.33. The van der Waals surface area contributed by atoms with E-state index in [4.69, 9.17) is 4.74 Å². The SMILES string of the molecule is COc1cccc(C(=O)CCC(=O)N2CCc3cc(N4CCCC4)ccc32)c1. The molecule has 0 atom stereocenters. The maximum Gasteiger partial charge on any atom is 0.227 e. The highest BCUT2D eigenvalue weighted by molar-refractivity contribution is 6.01. The highest BCUT2D eigenvalue weighted by Gasteiger charge is 2.26. The topological polar surface area (TPSA) is 49.9 Å². The molecule has 0 radical (unpaired) electrons. The van der Waals surface area contributed by atoms with Crippen LogP contribution in [-0.2, 0) is 11.2 Å². The van der Waals surface area contributed by atoms with E-state index >= 15 is 0 Å². The van der Waals surface area contributed by atoms with Gasteiger partial charge in [0.2, 0.25) is 5.91 Å². The fourth-order valence-corrected chi connectivity index (χ4v) is 4.12. The molecule has 0 aromatic heterocycles. The molecule has 0 spiro atoms. The van der Waals surface area contributed by atoms with Crippen molar-refractivity contribution in [3.05, 3.63) is 53.6 Å². The molecule has 2 aliphatic rings. The van der Waals surface area contributed by atoms with Gasteiger partial charge in [0.05, 0.1) is 7.11 Å². The maximum atomic E-state index is 12.7. The van der Waals surface area contributed by atoms with Crippen molar-refractivity contribution in [3.63, 3.8) is 0 Å². The van der Waals surface area contributed by atoms with Gasteiger partial charge >= 0.3 is 0 Å². The monoisotopic (exact) mass is 378 g/mol. The van der Waals surface area contributed by atoms with Gasteiger partial charge in [0.15, 0.2) is 5.78 Å². The van der Waals surface area contributed by atoms with Crippen molar-refractivity contribution in [2.75, 3.05) is 36.5 Å². The summed E-state index contributed by atoms with van der Waals surface area (Å²) in [6.45, 7) is 2.94. The molecular weight excluding hydrogens is 352 g/mol. The van der Waals surface area contributed by atoms with Gasteiger partial charge in [-0.2, -0.15) is 0 Å². The van der Waals surface area contributed by atoms with E-state index in [1.54, 1.807) is 31.4 Å². The number of fused-ring (bicyclic) bond motifs is 1. The molecule has 2 aromatic rings. The quantitative estimate of drug-likeness (QED) is 0.717. The Morgan fingerprint density at radius 1 is 1.00 bits per heavy atom. The van der Waals surface area contributed by atoms with Crippen LogP contribution in [0.2, 0.25) is 0 Å². The van der Waals surface area contributed by atoms with Gasteiger partial charge in [-0.25, -0.2) is 0 Å². The fourth-order valence-electron chi connectivity index (χ4n) is 4.12. The Morgan fingerprint density at radius 3 is 2.61 bits per heavy atom. The van der Waals surface area contributed by atoms with E-state index in [9.17, 15) is 9.59 Å². The van der Waals surface area contributed by atoms with Gasteiger partial charge < -0.3 is 14.5 Å². The molecule has 4 rings (SSSR count). The number of benzene rings is 2. The zero-order valence-corrected chi connectivity index (χ0v) is 16.3. The van der Waals surface area contributed by atoms with E-state index in [-0.39, 0.29) is 24.5 Å². The van der Waals surface area contributed by atoms with Crippen molar-refractivity contribution >= 4 is 23.1 Å². The van der Waals surface area contributed by atoms with E-state index in [2.05, 4.69) is 23.1 Å². The van der Waals surface area contributed by atoms with E-state index in [1.807, 2.05) is 4.90 Å². The first-order chi connectivity index (χ1) is 13.7. The predicted octanol–water partition coefficient (Wildman–Crippen LogP) is 3.85. The van der Waals surface area contributed by atoms with Crippen LogP contribution in [0.1, 0.15) is 41.6 Å². The summed E-state index contributed by atoms with van der Waals surface area (Å²) in [7, 11) is 1.58. The van der Waals surface area contributed by atoms with Crippen LogP contribution in [0.5, 0.6) is 5.75 Å². The number of hydrogen-bond acceptors (Lipinski definition) is 4. The summed E-state index contributed by atoms with van der Waals surface area (Å²) in [4.78, 5) is 29.4. The number of carbonyl (C=O) groups excluding carboxylic acids is 2. The maximum absolute atomic E-state index is 12.7. The van der Waals surface area contributed by atoms with Gasteiger partial charge in [0, 0.05) is 49.4 Å². The molecule has 0 saturated carbocycles. The Balaban J connectivity index is 1.39. The van der Waals surface area contributed by atoms with E-state index < -0.39 is 0 Å². The summed E-state index contributed by atoms with van der Waals surface area (Å²) in [5, 5.41) is 0. The van der Waals surface area contributed by atoms with Crippen molar-refractivity contribution in [3.8, 4) is 5.75 Å². The fraction of sp³-hybridized carbons (Fsp3) is 0.391. The number of carbonyl (C=O) groups is 2. The number of nitrogens with zero attached hydrogens (tertiary/aromatic N) is 2. The third kappa shape index (κ3) is 3.75. The molecular formula is C23H26N2O3. The van der Waals surface area contributed by atoms with Gasteiger partial charge in [-0.1, -0.05) is 12.1 Å². The molecule has 0 aliphatic carbocycles. The Morgan fingerprint density at radius 2 is 1.82 bits per heavy atom. The smallest absolute Gasteiger partial charge is 0.227 e. The number of hydrogen-bond donors (Lipinski definition) is 0. The second kappa shape index (κ2) is 8.05. The lowest BCUT2D eigenvalue weighted by atomic mass is 10.1. The van der Waals surface area contributed by atoms with Crippen molar-refractivity contribution in [1.82, 2.24) is 0 Å². The summed E-state index contributed by atoms with van der Waals surface area (Å²) in [5.74, 6) is 0.638. The number of methoxy groups -OCH3 is 1. The minimum atomic E-state index is -0.0314. The van der Waals surface area contributed by atoms with Gasteiger partial charge in [-0.05, 0) is 55.2 Å².